The Hall–Kier alpha value is -1.64. The van der Waals surface area contributed by atoms with Crippen LogP contribution >= 0.6 is 20.8 Å². The summed E-state index contributed by atoms with van der Waals surface area (Å²) >= 11 is 4.16. The normalized spacial score (nSPS) is 13.1. The number of hydrogen-bond donors (Lipinski definition) is 0. The number of hydrogen-bond acceptors (Lipinski definition) is 0. The molecule has 3 aromatic carbocycles. The van der Waals surface area contributed by atoms with Crippen LogP contribution in [0.1, 0.15) is 19.8 Å². The second-order valence-corrected chi connectivity index (χ2v) is 15.7. The predicted octanol–water partition coefficient (Wildman–Crippen LogP) is 6.04. The Morgan fingerprint density at radius 2 is 0.926 bits per heavy atom. The molecule has 5 heteroatoms. The van der Waals surface area contributed by atoms with Crippen LogP contribution in [0.3, 0.4) is 0 Å². The van der Waals surface area contributed by atoms with Crippen molar-refractivity contribution in [1.29, 1.82) is 0 Å². The fourth-order valence-electron chi connectivity index (χ4n) is 3.55. The van der Waals surface area contributed by atoms with Crippen molar-refractivity contribution in [2.75, 3.05) is 6.16 Å². The van der Waals surface area contributed by atoms with Gasteiger partial charge in [0.05, 0.1) is 0 Å². The molecule has 0 fully saturated rings. The van der Waals surface area contributed by atoms with Crippen molar-refractivity contribution >= 4 is 36.7 Å². The summed E-state index contributed by atoms with van der Waals surface area (Å²) in [6.45, 7) is 2.11. The van der Waals surface area contributed by atoms with Crippen LogP contribution in [0, 0.1) is 17.5 Å². The molecule has 142 valence electrons. The maximum absolute atomic E-state index is 13.7. The van der Waals surface area contributed by atoms with Crippen LogP contribution in [0.5, 0.6) is 0 Å². The van der Waals surface area contributed by atoms with Gasteiger partial charge in [0.1, 0.15) is 0 Å². The van der Waals surface area contributed by atoms with E-state index in [1.54, 1.807) is 36.4 Å². The third-order valence-corrected chi connectivity index (χ3v) is 15.1. The molecule has 0 radical (unpaired) electrons. The van der Waals surface area contributed by atoms with Crippen LogP contribution in [0.15, 0.2) is 72.8 Å². The van der Waals surface area contributed by atoms with E-state index in [-0.39, 0.29) is 17.5 Å². The van der Waals surface area contributed by atoms with E-state index in [0.717, 1.165) is 34.9 Å². The summed E-state index contributed by atoms with van der Waals surface area (Å²) in [4.78, 5) is 0. The standard InChI is InChI=1S/C22H21BrF3P/c1-2-3-16-27(23,20-10-4-17(24)5-11-20,21-12-6-18(25)7-13-21)22-14-8-19(26)9-15-22/h4-15H,2-3,16H2,1H3. The van der Waals surface area contributed by atoms with Gasteiger partial charge in [0.25, 0.3) is 0 Å². The molecule has 3 rings (SSSR count). The van der Waals surface area contributed by atoms with Gasteiger partial charge in [0, 0.05) is 0 Å². The van der Waals surface area contributed by atoms with E-state index < -0.39 is 5.31 Å². The van der Waals surface area contributed by atoms with E-state index in [0.29, 0.717) is 0 Å². The number of benzene rings is 3. The summed E-state index contributed by atoms with van der Waals surface area (Å²) in [7, 11) is 0. The second kappa shape index (κ2) is 7.77. The van der Waals surface area contributed by atoms with Crippen LogP contribution in [-0.4, -0.2) is 6.16 Å². The molecule has 0 amide bonds. The Balaban J connectivity index is 2.38. The zero-order valence-corrected chi connectivity index (χ0v) is 17.5. The van der Waals surface area contributed by atoms with Crippen molar-refractivity contribution in [3.63, 3.8) is 0 Å². The molecule has 0 heterocycles. The summed E-state index contributed by atoms with van der Waals surface area (Å²) < 4.78 is 41.0. The first-order valence-electron chi connectivity index (χ1n) is 8.89. The fourth-order valence-corrected chi connectivity index (χ4v) is 11.3. The van der Waals surface area contributed by atoms with Gasteiger partial charge in [-0.1, -0.05) is 0 Å². The molecule has 0 N–H and O–H groups in total. The topological polar surface area (TPSA) is 0 Å². The van der Waals surface area contributed by atoms with Crippen molar-refractivity contribution in [3.05, 3.63) is 90.2 Å². The third-order valence-electron chi connectivity index (χ3n) is 5.03. The van der Waals surface area contributed by atoms with Gasteiger partial charge in [-0.05, 0) is 0 Å². The molecule has 27 heavy (non-hydrogen) atoms. The van der Waals surface area contributed by atoms with Crippen molar-refractivity contribution < 1.29 is 13.2 Å². The molecule has 0 spiro atoms. The van der Waals surface area contributed by atoms with Crippen LogP contribution < -0.4 is 15.9 Å². The van der Waals surface area contributed by atoms with Gasteiger partial charge in [0.2, 0.25) is 0 Å². The molecule has 0 bridgehead atoms. The Labute approximate surface area is 166 Å². The van der Waals surface area contributed by atoms with E-state index in [1.807, 2.05) is 0 Å². The molecule has 0 saturated heterocycles. The van der Waals surface area contributed by atoms with Gasteiger partial charge in [0.15, 0.2) is 0 Å². The maximum atomic E-state index is 13.7. The minimum atomic E-state index is -3.21. The quantitative estimate of drug-likeness (QED) is 0.399. The Morgan fingerprint density at radius 3 is 1.19 bits per heavy atom. The summed E-state index contributed by atoms with van der Waals surface area (Å²) in [6, 6.07) is 19.3. The molecule has 3 aromatic rings. The zero-order chi connectivity index (χ0) is 19.5. The Bertz CT molecular complexity index is 792. The van der Waals surface area contributed by atoms with Gasteiger partial charge in [-0.3, -0.25) is 0 Å². The monoisotopic (exact) mass is 452 g/mol. The average Bonchev–Trinajstić information content (AvgIpc) is 2.68. The van der Waals surface area contributed by atoms with Crippen molar-refractivity contribution in [1.82, 2.24) is 0 Å². The number of halogens is 4. The van der Waals surface area contributed by atoms with E-state index in [9.17, 15) is 13.2 Å². The average molecular weight is 453 g/mol. The minimum absolute atomic E-state index is 0.315. The van der Waals surface area contributed by atoms with Gasteiger partial charge >= 0.3 is 166 Å². The van der Waals surface area contributed by atoms with Crippen LogP contribution in [0.25, 0.3) is 0 Å². The molecule has 0 saturated carbocycles. The SMILES string of the molecule is CCCCP(Br)(c1ccc(F)cc1)(c1ccc(F)cc1)c1ccc(F)cc1. The molecular formula is C22H21BrF3P. The first-order valence-corrected chi connectivity index (χ1v) is 13.3. The fraction of sp³-hybridized carbons (Fsp3) is 0.182. The molecule has 0 aliphatic rings. The van der Waals surface area contributed by atoms with E-state index in [2.05, 4.69) is 22.4 Å². The van der Waals surface area contributed by atoms with Crippen molar-refractivity contribution in [3.8, 4) is 0 Å². The molecule has 0 nitrogen and oxygen atoms in total. The predicted molar refractivity (Wildman–Crippen MR) is 114 cm³/mol. The van der Waals surface area contributed by atoms with Gasteiger partial charge in [-0.2, -0.15) is 0 Å². The number of rotatable bonds is 6. The zero-order valence-electron chi connectivity index (χ0n) is 15.0. The summed E-state index contributed by atoms with van der Waals surface area (Å²) in [5.41, 5.74) is 0. The van der Waals surface area contributed by atoms with Crippen molar-refractivity contribution in [2.45, 2.75) is 19.8 Å². The molecule has 0 aliphatic heterocycles. The summed E-state index contributed by atoms with van der Waals surface area (Å²) in [5, 5.41) is -0.396. The number of unbranched alkanes of at least 4 members (excludes halogenated alkanes) is 1. The van der Waals surface area contributed by atoms with Gasteiger partial charge in [-0.15, -0.1) is 0 Å². The first-order chi connectivity index (χ1) is 12.9. The van der Waals surface area contributed by atoms with Crippen LogP contribution in [0.4, 0.5) is 13.2 Å². The summed E-state index contributed by atoms with van der Waals surface area (Å²) in [5.74, 6) is -0.944. The molecule has 0 atom stereocenters. The molecular weight excluding hydrogens is 432 g/mol. The summed E-state index contributed by atoms with van der Waals surface area (Å²) in [6.07, 6.45) is 2.65. The first kappa shape index (κ1) is 20.1. The Kier molecular flexibility index (Phi) is 5.79. The van der Waals surface area contributed by atoms with Gasteiger partial charge < -0.3 is 0 Å². The third kappa shape index (κ3) is 3.58. The van der Waals surface area contributed by atoms with Gasteiger partial charge in [-0.25, -0.2) is 0 Å². The van der Waals surface area contributed by atoms with E-state index in [1.165, 1.54) is 36.4 Å². The Morgan fingerprint density at radius 1 is 0.630 bits per heavy atom. The molecule has 0 aliphatic carbocycles. The molecule has 0 unspecified atom stereocenters. The van der Waals surface area contributed by atoms with Crippen molar-refractivity contribution in [2.24, 2.45) is 0 Å². The van der Waals surface area contributed by atoms with E-state index in [4.69, 9.17) is 0 Å². The molecule has 0 aromatic heterocycles. The van der Waals surface area contributed by atoms with Crippen LogP contribution in [-0.2, 0) is 0 Å². The van der Waals surface area contributed by atoms with Crippen LogP contribution in [0.2, 0.25) is 0 Å². The van der Waals surface area contributed by atoms with E-state index >= 15 is 0 Å². The second-order valence-electron chi connectivity index (χ2n) is 6.69.